The van der Waals surface area contributed by atoms with E-state index in [4.69, 9.17) is 9.47 Å². The van der Waals surface area contributed by atoms with Crippen molar-refractivity contribution in [3.63, 3.8) is 0 Å². The number of nitrogens with one attached hydrogen (secondary N) is 1. The molecule has 0 radical (unpaired) electrons. The molecule has 7 nitrogen and oxygen atoms in total. The van der Waals surface area contributed by atoms with Gasteiger partial charge in [-0.15, -0.1) is 10.2 Å². The first-order valence-corrected chi connectivity index (χ1v) is 16.8. The summed E-state index contributed by atoms with van der Waals surface area (Å²) in [5.41, 5.74) is 2.87. The maximum Gasteiger partial charge on any atom is 0.257 e. The fourth-order valence-corrected chi connectivity index (χ4v) is 7.23. The Morgan fingerprint density at radius 2 is 1.53 bits per heavy atom. The van der Waals surface area contributed by atoms with Gasteiger partial charge >= 0.3 is 0 Å². The van der Waals surface area contributed by atoms with E-state index in [1.54, 1.807) is 36.0 Å². The molecule has 0 spiro atoms. The van der Waals surface area contributed by atoms with Crippen LogP contribution in [0, 0.1) is 36.0 Å². The summed E-state index contributed by atoms with van der Waals surface area (Å²) < 4.78 is 82.9. The summed E-state index contributed by atoms with van der Waals surface area (Å²) in [6.07, 6.45) is -0.572. The highest BCUT2D eigenvalue weighted by atomic mass is 32.2. The van der Waals surface area contributed by atoms with Crippen LogP contribution in [-0.2, 0) is 22.6 Å². The Hall–Kier alpha value is -4.21. The van der Waals surface area contributed by atoms with Crippen LogP contribution in [0.15, 0.2) is 77.1 Å². The van der Waals surface area contributed by atoms with Crippen molar-refractivity contribution in [3.8, 4) is 11.1 Å². The SMILES string of the molecule is Cc1nnc(SC[C@@H]2C[C@H](c3ccc(CO)cc3)O[C@H](c3ccc(-c4ccccc4CNC(=O)c4c(F)c(F)c(F)c(F)c4F)cc3)O2)s1. The number of hydrogen-bond acceptors (Lipinski definition) is 8. The molecular formula is C35H28F5N3O4S2. The lowest BCUT2D eigenvalue weighted by molar-refractivity contribution is -0.245. The van der Waals surface area contributed by atoms with Crippen LogP contribution >= 0.6 is 23.1 Å². The molecule has 3 atom stereocenters. The van der Waals surface area contributed by atoms with Crippen molar-refractivity contribution in [2.75, 3.05) is 5.75 Å². The molecule has 1 fully saturated rings. The van der Waals surface area contributed by atoms with Gasteiger partial charge in [-0.3, -0.25) is 4.79 Å². The third kappa shape index (κ3) is 7.68. The van der Waals surface area contributed by atoms with Crippen LogP contribution in [0.25, 0.3) is 11.1 Å². The number of carbonyl (C=O) groups is 1. The Kier molecular flexibility index (Phi) is 10.7. The number of halogens is 5. The van der Waals surface area contributed by atoms with Crippen molar-refractivity contribution in [1.29, 1.82) is 0 Å². The highest BCUT2D eigenvalue weighted by Crippen LogP contribution is 2.40. The molecule has 0 aliphatic carbocycles. The number of nitrogens with zero attached hydrogens (tertiary/aromatic N) is 2. The molecule has 1 aromatic heterocycles. The molecule has 5 aromatic rings. The third-order valence-electron chi connectivity index (χ3n) is 7.90. The Labute approximate surface area is 286 Å². The van der Waals surface area contributed by atoms with Gasteiger partial charge in [0.25, 0.3) is 5.91 Å². The predicted molar refractivity (Wildman–Crippen MR) is 173 cm³/mol. The molecular weight excluding hydrogens is 686 g/mol. The Bertz CT molecular complexity index is 1930. The van der Waals surface area contributed by atoms with E-state index in [1.165, 1.54) is 11.3 Å². The number of hydrogen-bond donors (Lipinski definition) is 2. The van der Waals surface area contributed by atoms with Crippen LogP contribution in [0.3, 0.4) is 0 Å². The normalized spacial score (nSPS) is 17.7. The predicted octanol–water partition coefficient (Wildman–Crippen LogP) is 7.97. The first-order chi connectivity index (χ1) is 23.6. The minimum atomic E-state index is -2.34. The molecule has 1 aliphatic rings. The summed E-state index contributed by atoms with van der Waals surface area (Å²) in [5.74, 6) is -12.0. The third-order valence-corrected chi connectivity index (χ3v) is 10.0. The van der Waals surface area contributed by atoms with Crippen molar-refractivity contribution in [2.24, 2.45) is 0 Å². The molecule has 2 N–H and O–H groups in total. The fourth-order valence-electron chi connectivity index (χ4n) is 5.37. The molecule has 1 amide bonds. The van der Waals surface area contributed by atoms with Crippen molar-refractivity contribution < 1.29 is 41.3 Å². The second kappa shape index (κ2) is 15.1. The van der Waals surface area contributed by atoms with Gasteiger partial charge in [0.05, 0.1) is 18.8 Å². The molecule has 254 valence electrons. The average Bonchev–Trinajstić information content (AvgIpc) is 3.56. The van der Waals surface area contributed by atoms with E-state index in [0.717, 1.165) is 31.6 Å². The molecule has 0 bridgehead atoms. The number of aryl methyl sites for hydroxylation is 1. The van der Waals surface area contributed by atoms with Gasteiger partial charge in [0.2, 0.25) is 5.82 Å². The molecule has 49 heavy (non-hydrogen) atoms. The highest BCUT2D eigenvalue weighted by Gasteiger charge is 2.33. The number of aliphatic hydroxyl groups excluding tert-OH is 1. The van der Waals surface area contributed by atoms with Gasteiger partial charge < -0.3 is 19.9 Å². The van der Waals surface area contributed by atoms with Crippen LogP contribution in [0.5, 0.6) is 0 Å². The van der Waals surface area contributed by atoms with Crippen molar-refractivity contribution in [2.45, 2.75) is 49.3 Å². The van der Waals surface area contributed by atoms with Gasteiger partial charge in [-0.05, 0) is 34.7 Å². The van der Waals surface area contributed by atoms with Crippen LogP contribution in [0.1, 0.15) is 56.4 Å². The number of aliphatic hydroxyl groups is 1. The van der Waals surface area contributed by atoms with Crippen LogP contribution in [-0.4, -0.2) is 33.1 Å². The summed E-state index contributed by atoms with van der Waals surface area (Å²) >= 11 is 3.08. The van der Waals surface area contributed by atoms with Crippen LogP contribution in [0.2, 0.25) is 0 Å². The first-order valence-electron chi connectivity index (χ1n) is 15.0. The van der Waals surface area contributed by atoms with E-state index < -0.39 is 46.8 Å². The van der Waals surface area contributed by atoms with Gasteiger partial charge in [0.1, 0.15) is 10.6 Å². The van der Waals surface area contributed by atoms with Crippen molar-refractivity contribution in [3.05, 3.63) is 135 Å². The summed E-state index contributed by atoms with van der Waals surface area (Å²) in [4.78, 5) is 12.6. The molecule has 4 aromatic carbocycles. The van der Waals surface area contributed by atoms with E-state index in [9.17, 15) is 31.9 Å². The van der Waals surface area contributed by atoms with Crippen molar-refractivity contribution >= 4 is 29.0 Å². The first kappa shape index (κ1) is 34.6. The van der Waals surface area contributed by atoms with Gasteiger partial charge in [0, 0.05) is 24.3 Å². The smallest absolute Gasteiger partial charge is 0.257 e. The minimum absolute atomic E-state index is 0.0642. The van der Waals surface area contributed by atoms with Gasteiger partial charge in [0.15, 0.2) is 33.9 Å². The lowest BCUT2D eigenvalue weighted by atomic mass is 9.97. The molecule has 14 heteroatoms. The fraction of sp³-hybridized carbons (Fsp3) is 0.229. The zero-order valence-corrected chi connectivity index (χ0v) is 27.4. The Balaban J connectivity index is 1.19. The minimum Gasteiger partial charge on any atom is -0.392 e. The zero-order valence-electron chi connectivity index (χ0n) is 25.8. The van der Waals surface area contributed by atoms with E-state index in [0.29, 0.717) is 23.3 Å². The monoisotopic (exact) mass is 713 g/mol. The average molecular weight is 714 g/mol. The number of aromatic nitrogens is 2. The number of thioether (sulfide) groups is 1. The molecule has 6 rings (SSSR count). The highest BCUT2D eigenvalue weighted by molar-refractivity contribution is 8.01. The molecule has 0 unspecified atom stereocenters. The Morgan fingerprint density at radius 1 is 0.878 bits per heavy atom. The quantitative estimate of drug-likeness (QED) is 0.0657. The number of ether oxygens (including phenoxy) is 2. The summed E-state index contributed by atoms with van der Waals surface area (Å²) in [6.45, 7) is 1.58. The lowest BCUT2D eigenvalue weighted by Gasteiger charge is -2.36. The summed E-state index contributed by atoms with van der Waals surface area (Å²) in [6, 6.07) is 21.8. The summed E-state index contributed by atoms with van der Waals surface area (Å²) in [7, 11) is 0. The van der Waals surface area contributed by atoms with E-state index in [2.05, 4.69) is 15.5 Å². The largest absolute Gasteiger partial charge is 0.392 e. The van der Waals surface area contributed by atoms with E-state index in [1.807, 2.05) is 55.5 Å². The zero-order chi connectivity index (χ0) is 34.7. The topological polar surface area (TPSA) is 93.6 Å². The van der Waals surface area contributed by atoms with Crippen LogP contribution in [0.4, 0.5) is 22.0 Å². The van der Waals surface area contributed by atoms with Gasteiger partial charge in [-0.25, -0.2) is 22.0 Å². The van der Waals surface area contributed by atoms with E-state index in [-0.39, 0.29) is 25.4 Å². The molecule has 1 aliphatic heterocycles. The number of carbonyl (C=O) groups excluding carboxylic acids is 1. The lowest BCUT2D eigenvalue weighted by Crippen LogP contribution is -2.31. The molecule has 2 heterocycles. The molecule has 1 saturated heterocycles. The maximum atomic E-state index is 14.2. The number of rotatable bonds is 10. The summed E-state index contributed by atoms with van der Waals surface area (Å²) in [5, 5.41) is 20.9. The standard InChI is InChI=1S/C35H28F5N3O4S2/c1-18-42-43-35(49-18)48-17-24-14-26(21-8-6-19(16-44)7-9-21)47-34(46-24)22-12-10-20(11-13-22)25-5-3-2-4-23(25)15-41-33(45)27-28(36)30(38)32(40)31(39)29(27)37/h2-13,24,26,34,44H,14-17H2,1H3,(H,41,45)/t24-,26+,34+/m0/s1. The second-order valence-corrected chi connectivity index (χ2v) is 13.6. The molecule has 0 saturated carbocycles. The Morgan fingerprint density at radius 3 is 2.18 bits per heavy atom. The maximum absolute atomic E-state index is 14.2. The van der Waals surface area contributed by atoms with E-state index >= 15 is 0 Å². The second-order valence-electron chi connectivity index (χ2n) is 11.2. The van der Waals surface area contributed by atoms with Crippen LogP contribution < -0.4 is 5.32 Å². The number of amides is 1. The number of benzene rings is 4. The van der Waals surface area contributed by atoms with Gasteiger partial charge in [-0.2, -0.15) is 0 Å². The van der Waals surface area contributed by atoms with Crippen molar-refractivity contribution in [1.82, 2.24) is 15.5 Å². The van der Waals surface area contributed by atoms with Gasteiger partial charge in [-0.1, -0.05) is 95.9 Å².